The predicted molar refractivity (Wildman–Crippen MR) is 166 cm³/mol. The molecule has 7 rings (SSSR count). The van der Waals surface area contributed by atoms with Gasteiger partial charge in [-0.3, -0.25) is 4.90 Å². The molecule has 0 radical (unpaired) electrons. The predicted octanol–water partition coefficient (Wildman–Crippen LogP) is 6.41. The smallest absolute Gasteiger partial charge is 0.425 e. The highest BCUT2D eigenvalue weighted by Gasteiger charge is 2.77. The zero-order valence-electron chi connectivity index (χ0n) is 27.8. The molecule has 52 heavy (non-hydrogen) atoms. The van der Waals surface area contributed by atoms with Gasteiger partial charge >= 0.3 is 18.4 Å². The number of hydrogen-bond donors (Lipinski definition) is 3. The van der Waals surface area contributed by atoms with E-state index in [2.05, 4.69) is 30.6 Å². The van der Waals surface area contributed by atoms with Crippen molar-refractivity contribution in [3.05, 3.63) is 22.9 Å². The van der Waals surface area contributed by atoms with Crippen molar-refractivity contribution in [2.45, 2.75) is 88.3 Å². The Balaban J connectivity index is 1.42. The summed E-state index contributed by atoms with van der Waals surface area (Å²) >= 11 is 0. The minimum absolute atomic E-state index is 0.0177. The Morgan fingerprint density at radius 2 is 1.77 bits per heavy atom. The Hall–Kier alpha value is -3.94. The molecule has 1 aliphatic carbocycles. The van der Waals surface area contributed by atoms with E-state index >= 15 is 8.78 Å². The third-order valence-corrected chi connectivity index (χ3v) is 10.6. The van der Waals surface area contributed by atoms with E-state index in [9.17, 15) is 35.1 Å². The quantitative estimate of drug-likeness (QED) is 0.252. The molecule has 1 saturated carbocycles. The van der Waals surface area contributed by atoms with Crippen molar-refractivity contribution < 1.29 is 53.4 Å². The molecule has 0 aromatic carbocycles. The highest BCUT2D eigenvalue weighted by molar-refractivity contribution is 5.96. The van der Waals surface area contributed by atoms with Crippen molar-refractivity contribution in [1.29, 1.82) is 0 Å². The van der Waals surface area contributed by atoms with Crippen LogP contribution < -0.4 is 25.8 Å². The highest BCUT2D eigenvalue weighted by atomic mass is 19.4. The molecule has 3 aromatic rings. The molecular formula is C32H34F10N8O2. The van der Waals surface area contributed by atoms with Gasteiger partial charge in [-0.05, 0) is 45.7 Å². The molecule has 4 atom stereocenters. The van der Waals surface area contributed by atoms with Crippen LogP contribution in [0.1, 0.15) is 56.7 Å². The molecule has 1 spiro atoms. The Kier molecular flexibility index (Phi) is 8.62. The highest BCUT2D eigenvalue weighted by Crippen LogP contribution is 2.69. The van der Waals surface area contributed by atoms with Crippen LogP contribution in [0.2, 0.25) is 0 Å². The largest absolute Gasteiger partial charge is 0.464 e. The SMILES string of the molecule is CCC1CNc2nc(OCC34CCCN3CC3(C4)CC3(F)F)nc3c(F)c(-c4c(F)c(N)nc(C)c4C(F)(F)F)nc(c23)O[C@@H](C(F)(F)F)CCN1. The van der Waals surface area contributed by atoms with Crippen LogP contribution in [0.3, 0.4) is 0 Å². The Bertz CT molecular complexity index is 1910. The Labute approximate surface area is 289 Å². The molecule has 20 heteroatoms. The lowest BCUT2D eigenvalue weighted by atomic mass is 9.89. The summed E-state index contributed by atoms with van der Waals surface area (Å²) in [5, 5.41) is 5.31. The topological polar surface area (TPSA) is 123 Å². The summed E-state index contributed by atoms with van der Waals surface area (Å²) in [5.41, 5.74) is -2.92. The third-order valence-electron chi connectivity index (χ3n) is 10.6. The van der Waals surface area contributed by atoms with Crippen molar-refractivity contribution in [2.24, 2.45) is 5.41 Å². The van der Waals surface area contributed by atoms with E-state index in [1.165, 1.54) is 0 Å². The average molecular weight is 753 g/mol. The number of nitrogens with one attached hydrogen (secondary N) is 2. The van der Waals surface area contributed by atoms with Gasteiger partial charge in [0.05, 0.1) is 27.8 Å². The van der Waals surface area contributed by atoms with Gasteiger partial charge in [0.15, 0.2) is 23.6 Å². The normalized spacial score (nSPS) is 27.6. The van der Waals surface area contributed by atoms with Crippen LogP contribution in [-0.2, 0) is 6.18 Å². The van der Waals surface area contributed by atoms with E-state index in [1.807, 2.05) is 4.90 Å². The number of alkyl halides is 8. The molecule has 0 amide bonds. The van der Waals surface area contributed by atoms with Crippen molar-refractivity contribution in [2.75, 3.05) is 43.8 Å². The minimum Gasteiger partial charge on any atom is -0.464 e. The molecule has 10 nitrogen and oxygen atoms in total. The summed E-state index contributed by atoms with van der Waals surface area (Å²) in [6.45, 7) is 2.87. The van der Waals surface area contributed by atoms with Crippen molar-refractivity contribution in [1.82, 2.24) is 30.2 Å². The zero-order chi connectivity index (χ0) is 37.6. The van der Waals surface area contributed by atoms with Crippen molar-refractivity contribution >= 4 is 22.5 Å². The Morgan fingerprint density at radius 3 is 2.42 bits per heavy atom. The number of rotatable bonds is 5. The van der Waals surface area contributed by atoms with Crippen LogP contribution >= 0.6 is 0 Å². The minimum atomic E-state index is -5.35. The van der Waals surface area contributed by atoms with E-state index in [-0.39, 0.29) is 44.9 Å². The lowest BCUT2D eigenvalue weighted by Crippen LogP contribution is -2.43. The van der Waals surface area contributed by atoms with Crippen LogP contribution in [0.4, 0.5) is 55.5 Å². The number of nitrogen functional groups attached to an aromatic ring is 1. The number of aromatic nitrogens is 4. The van der Waals surface area contributed by atoms with Gasteiger partial charge in [0, 0.05) is 32.0 Å². The van der Waals surface area contributed by atoms with Crippen LogP contribution in [-0.4, -0.2) is 87.4 Å². The first-order valence-corrected chi connectivity index (χ1v) is 16.7. The first kappa shape index (κ1) is 36.4. The second-order valence-electron chi connectivity index (χ2n) is 14.1. The molecule has 284 valence electrons. The number of anilines is 2. The van der Waals surface area contributed by atoms with E-state index in [1.54, 1.807) is 6.92 Å². The van der Waals surface area contributed by atoms with Crippen LogP contribution in [0.15, 0.2) is 0 Å². The maximum Gasteiger partial charge on any atom is 0.425 e. The first-order chi connectivity index (χ1) is 24.3. The Morgan fingerprint density at radius 1 is 1.04 bits per heavy atom. The molecular weight excluding hydrogens is 718 g/mol. The van der Waals surface area contributed by atoms with Gasteiger partial charge in [0.1, 0.15) is 29.0 Å². The fraction of sp³-hybridized carbons (Fsp3) is 0.625. The molecule has 4 aliphatic rings. The van der Waals surface area contributed by atoms with Crippen molar-refractivity contribution in [3.63, 3.8) is 0 Å². The number of pyridine rings is 2. The number of hydrogen-bond acceptors (Lipinski definition) is 10. The number of ether oxygens (including phenoxy) is 2. The summed E-state index contributed by atoms with van der Waals surface area (Å²) in [4.78, 5) is 17.4. The van der Waals surface area contributed by atoms with Crippen LogP contribution in [0.5, 0.6) is 11.9 Å². The van der Waals surface area contributed by atoms with Crippen LogP contribution in [0, 0.1) is 24.0 Å². The van der Waals surface area contributed by atoms with Gasteiger partial charge in [-0.15, -0.1) is 0 Å². The average Bonchev–Trinajstić information content (AvgIpc) is 3.25. The molecule has 3 unspecified atom stereocenters. The number of fused-ring (bicyclic) bond motifs is 1. The molecule has 0 bridgehead atoms. The molecule has 2 saturated heterocycles. The van der Waals surface area contributed by atoms with Gasteiger partial charge in [-0.25, -0.2) is 27.5 Å². The van der Waals surface area contributed by atoms with Crippen molar-refractivity contribution in [3.8, 4) is 23.1 Å². The zero-order valence-corrected chi connectivity index (χ0v) is 27.8. The lowest BCUT2D eigenvalue weighted by molar-refractivity contribution is -0.196. The maximum atomic E-state index is 16.8. The van der Waals surface area contributed by atoms with E-state index in [4.69, 9.17) is 15.2 Å². The molecule has 6 heterocycles. The third kappa shape index (κ3) is 6.08. The number of nitrogens with zero attached hydrogens (tertiary/aromatic N) is 5. The second-order valence-corrected chi connectivity index (χ2v) is 14.1. The van der Waals surface area contributed by atoms with E-state index in [0.717, 1.165) is 6.92 Å². The number of aryl methyl sites for hydroxylation is 1. The first-order valence-electron chi connectivity index (χ1n) is 16.7. The van der Waals surface area contributed by atoms with Gasteiger partial charge in [0.2, 0.25) is 5.88 Å². The molecule has 3 aromatic heterocycles. The fourth-order valence-corrected chi connectivity index (χ4v) is 7.91. The summed E-state index contributed by atoms with van der Waals surface area (Å²) in [6.07, 6.45) is -12.2. The van der Waals surface area contributed by atoms with Gasteiger partial charge in [-0.1, -0.05) is 6.92 Å². The second kappa shape index (κ2) is 12.3. The summed E-state index contributed by atoms with van der Waals surface area (Å²) in [5.74, 6) is -8.77. The number of nitrogens with two attached hydrogens (primary N) is 1. The lowest BCUT2D eigenvalue weighted by Gasteiger charge is -2.31. The van der Waals surface area contributed by atoms with Gasteiger partial charge in [0.25, 0.3) is 5.92 Å². The van der Waals surface area contributed by atoms with Crippen LogP contribution in [0.25, 0.3) is 22.2 Å². The van der Waals surface area contributed by atoms with Gasteiger partial charge in [-0.2, -0.15) is 36.3 Å². The van der Waals surface area contributed by atoms with E-state index in [0.29, 0.717) is 25.8 Å². The standard InChI is InChI=1S/C32H34F10N8O2/c1-3-15-9-45-25-18-23(48-27(49-25)51-13-29-6-4-8-50(29)12-28(10-29)11-30(28,35)36)21(34)22(47-26(18)52-16(5-7-44-15)31(37,38)39)17-19(32(40,41)42)14(2)46-24(43)20(17)33/h15-16,44H,3-13H2,1-2H3,(H2,43,46)(H,45,48,49)/t15?,16-,28?,29?/m1/s1. The molecule has 4 N–H and O–H groups in total. The number of halogens is 10. The summed E-state index contributed by atoms with van der Waals surface area (Å²) in [7, 11) is 0. The molecule has 3 fully saturated rings. The monoisotopic (exact) mass is 752 g/mol. The fourth-order valence-electron chi connectivity index (χ4n) is 7.91. The molecule has 3 aliphatic heterocycles. The van der Waals surface area contributed by atoms with E-state index < -0.39 is 111 Å². The van der Waals surface area contributed by atoms with Gasteiger partial charge < -0.3 is 25.8 Å². The summed E-state index contributed by atoms with van der Waals surface area (Å²) in [6, 6.07) is -0.999. The summed E-state index contributed by atoms with van der Waals surface area (Å²) < 4.78 is 159. The maximum absolute atomic E-state index is 16.8.